The van der Waals surface area contributed by atoms with Gasteiger partial charge in [0.15, 0.2) is 11.6 Å². The number of allylic oxidation sites excluding steroid dienone is 2. The number of benzene rings is 3. The first-order valence-corrected chi connectivity index (χ1v) is 11.3. The maximum absolute atomic E-state index is 13.4. The van der Waals surface area contributed by atoms with Crippen LogP contribution in [0.4, 0.5) is 5.69 Å². The summed E-state index contributed by atoms with van der Waals surface area (Å²) >= 11 is 0. The van der Waals surface area contributed by atoms with Crippen LogP contribution in [0, 0.1) is 5.92 Å². The molecular formula is C29H27NO5. The maximum atomic E-state index is 13.4. The molecular weight excluding hydrogens is 442 g/mol. The second-order valence-electron chi connectivity index (χ2n) is 7.98. The van der Waals surface area contributed by atoms with Gasteiger partial charge in [-0.1, -0.05) is 55.5 Å². The molecule has 3 aromatic rings. The molecule has 0 bridgehead atoms. The third-order valence-corrected chi connectivity index (χ3v) is 5.37. The summed E-state index contributed by atoms with van der Waals surface area (Å²) in [6.45, 7) is 1.81. The van der Waals surface area contributed by atoms with Gasteiger partial charge in [-0.05, 0) is 71.7 Å². The highest BCUT2D eigenvalue weighted by molar-refractivity contribution is 6.17. The summed E-state index contributed by atoms with van der Waals surface area (Å²) in [5, 5.41) is 21.6. The molecule has 1 amide bonds. The minimum absolute atomic E-state index is 0.109. The Hall–Kier alpha value is -4.45. The molecule has 0 fully saturated rings. The highest BCUT2D eigenvalue weighted by atomic mass is 16.3. The van der Waals surface area contributed by atoms with Crippen LogP contribution in [0.2, 0.25) is 0 Å². The lowest BCUT2D eigenvalue weighted by Gasteiger charge is -2.16. The first kappa shape index (κ1) is 25.2. The Morgan fingerprint density at radius 2 is 1.40 bits per heavy atom. The van der Waals surface area contributed by atoms with Gasteiger partial charge in [0.05, 0.1) is 0 Å². The average molecular weight is 470 g/mol. The number of ketones is 2. The first-order chi connectivity index (χ1) is 16.9. The summed E-state index contributed by atoms with van der Waals surface area (Å²) in [6, 6.07) is 21.4. The summed E-state index contributed by atoms with van der Waals surface area (Å²) in [5.74, 6) is -2.35. The minimum atomic E-state index is -1.21. The van der Waals surface area contributed by atoms with Gasteiger partial charge in [0.2, 0.25) is 5.91 Å². The standard InChI is InChI=1S/C29H27NO5/c1-2-22(18-21-11-15-25(32)16-12-21)28(34)27(29(35)30-23-6-4-3-5-7-23)19-26(33)17-10-20-8-13-24(31)14-9-20/h3-18,27,31-32H,2,19H2,1H3,(H,30,35)/b17-10+,22-18+. The third-order valence-electron chi connectivity index (χ3n) is 5.37. The van der Waals surface area contributed by atoms with Crippen molar-refractivity contribution in [1.82, 2.24) is 0 Å². The van der Waals surface area contributed by atoms with E-state index in [0.717, 1.165) is 0 Å². The quantitative estimate of drug-likeness (QED) is 0.273. The molecule has 3 aromatic carbocycles. The molecule has 0 spiro atoms. The first-order valence-electron chi connectivity index (χ1n) is 11.3. The molecule has 0 heterocycles. The largest absolute Gasteiger partial charge is 0.508 e. The van der Waals surface area contributed by atoms with Crippen molar-refractivity contribution in [1.29, 1.82) is 0 Å². The van der Waals surface area contributed by atoms with E-state index >= 15 is 0 Å². The van der Waals surface area contributed by atoms with E-state index < -0.39 is 17.6 Å². The summed E-state index contributed by atoms with van der Waals surface area (Å²) < 4.78 is 0. The van der Waals surface area contributed by atoms with Gasteiger partial charge in [0.1, 0.15) is 17.4 Å². The van der Waals surface area contributed by atoms with Crippen LogP contribution in [0.3, 0.4) is 0 Å². The second-order valence-corrected chi connectivity index (χ2v) is 7.98. The van der Waals surface area contributed by atoms with Crippen molar-refractivity contribution < 1.29 is 24.6 Å². The number of amides is 1. The van der Waals surface area contributed by atoms with Crippen LogP contribution in [0.1, 0.15) is 30.9 Å². The van der Waals surface area contributed by atoms with E-state index in [4.69, 9.17) is 0 Å². The number of rotatable bonds is 10. The predicted octanol–water partition coefficient (Wildman–Crippen LogP) is 5.39. The fourth-order valence-electron chi connectivity index (χ4n) is 3.44. The SMILES string of the molecule is CC/C(=C\c1ccc(O)cc1)C(=O)C(CC(=O)/C=C/c1ccc(O)cc1)C(=O)Nc1ccccc1. The van der Waals surface area contributed by atoms with Crippen molar-refractivity contribution in [2.24, 2.45) is 5.92 Å². The molecule has 6 heteroatoms. The van der Waals surface area contributed by atoms with Crippen LogP contribution >= 0.6 is 0 Å². The van der Waals surface area contributed by atoms with Crippen molar-refractivity contribution in [3.05, 3.63) is 102 Å². The fourth-order valence-corrected chi connectivity index (χ4v) is 3.44. The van der Waals surface area contributed by atoms with Gasteiger partial charge < -0.3 is 15.5 Å². The van der Waals surface area contributed by atoms with E-state index in [0.29, 0.717) is 28.8 Å². The molecule has 0 aliphatic carbocycles. The lowest BCUT2D eigenvalue weighted by atomic mass is 9.89. The molecule has 0 saturated carbocycles. The van der Waals surface area contributed by atoms with Crippen LogP contribution < -0.4 is 5.32 Å². The normalized spacial score (nSPS) is 12.3. The van der Waals surface area contributed by atoms with Crippen molar-refractivity contribution in [3.63, 3.8) is 0 Å². The van der Waals surface area contributed by atoms with Crippen molar-refractivity contribution >= 4 is 35.3 Å². The highest BCUT2D eigenvalue weighted by Gasteiger charge is 2.30. The van der Waals surface area contributed by atoms with Gasteiger partial charge in [-0.25, -0.2) is 0 Å². The van der Waals surface area contributed by atoms with E-state index in [1.165, 1.54) is 30.3 Å². The third kappa shape index (κ3) is 7.54. The van der Waals surface area contributed by atoms with Gasteiger partial charge in [-0.15, -0.1) is 0 Å². The fraction of sp³-hybridized carbons (Fsp3) is 0.138. The summed E-state index contributed by atoms with van der Waals surface area (Å²) in [5.41, 5.74) is 2.34. The van der Waals surface area contributed by atoms with Gasteiger partial charge in [0.25, 0.3) is 0 Å². The molecule has 6 nitrogen and oxygen atoms in total. The summed E-state index contributed by atoms with van der Waals surface area (Å²) in [6.07, 6.45) is 4.65. The molecule has 3 rings (SSSR count). The van der Waals surface area contributed by atoms with Crippen LogP contribution in [-0.4, -0.2) is 27.7 Å². The minimum Gasteiger partial charge on any atom is -0.508 e. The smallest absolute Gasteiger partial charge is 0.235 e. The number of Topliss-reactive ketones (excluding diaryl/α,β-unsaturated/α-hetero) is 1. The highest BCUT2D eigenvalue weighted by Crippen LogP contribution is 2.21. The number of hydrogen-bond donors (Lipinski definition) is 3. The molecule has 0 aliphatic heterocycles. The molecule has 1 unspecified atom stereocenters. The molecule has 35 heavy (non-hydrogen) atoms. The number of carbonyl (C=O) groups excluding carboxylic acids is 3. The monoisotopic (exact) mass is 469 g/mol. The van der Waals surface area contributed by atoms with Crippen molar-refractivity contribution in [2.45, 2.75) is 19.8 Å². The van der Waals surface area contributed by atoms with Gasteiger partial charge in [-0.3, -0.25) is 14.4 Å². The molecule has 1 atom stereocenters. The number of hydrogen-bond acceptors (Lipinski definition) is 5. The Morgan fingerprint density at radius 1 is 0.829 bits per heavy atom. The predicted molar refractivity (Wildman–Crippen MR) is 137 cm³/mol. The van der Waals surface area contributed by atoms with Gasteiger partial charge in [0, 0.05) is 12.1 Å². The zero-order chi connectivity index (χ0) is 25.2. The Morgan fingerprint density at radius 3 is 1.97 bits per heavy atom. The molecule has 0 saturated heterocycles. The van der Waals surface area contributed by atoms with E-state index in [-0.39, 0.29) is 23.7 Å². The van der Waals surface area contributed by atoms with E-state index in [1.807, 2.05) is 13.0 Å². The topological polar surface area (TPSA) is 104 Å². The lowest BCUT2D eigenvalue weighted by molar-refractivity contribution is -0.132. The lowest BCUT2D eigenvalue weighted by Crippen LogP contribution is -2.32. The van der Waals surface area contributed by atoms with E-state index in [1.54, 1.807) is 60.7 Å². The molecule has 3 N–H and O–H groups in total. The van der Waals surface area contributed by atoms with Crippen LogP contribution in [0.25, 0.3) is 12.2 Å². The molecule has 0 radical (unpaired) electrons. The van der Waals surface area contributed by atoms with Crippen LogP contribution in [0.15, 0.2) is 90.5 Å². The van der Waals surface area contributed by atoms with E-state index in [9.17, 15) is 24.6 Å². The zero-order valence-electron chi connectivity index (χ0n) is 19.3. The number of para-hydroxylation sites is 1. The number of aromatic hydroxyl groups is 2. The number of nitrogens with one attached hydrogen (secondary N) is 1. The average Bonchev–Trinajstić information content (AvgIpc) is 2.86. The number of phenols is 2. The Balaban J connectivity index is 1.84. The molecule has 0 aromatic heterocycles. The van der Waals surface area contributed by atoms with Gasteiger partial charge in [-0.2, -0.15) is 0 Å². The maximum Gasteiger partial charge on any atom is 0.235 e. The van der Waals surface area contributed by atoms with E-state index in [2.05, 4.69) is 5.32 Å². The summed E-state index contributed by atoms with van der Waals surface area (Å²) in [4.78, 5) is 39.3. The number of anilines is 1. The Bertz CT molecular complexity index is 1230. The number of carbonyl (C=O) groups is 3. The van der Waals surface area contributed by atoms with Gasteiger partial charge >= 0.3 is 0 Å². The summed E-state index contributed by atoms with van der Waals surface area (Å²) in [7, 11) is 0. The molecule has 0 aliphatic rings. The van der Waals surface area contributed by atoms with Crippen LogP contribution in [0.5, 0.6) is 11.5 Å². The second kappa shape index (κ2) is 12.1. The zero-order valence-corrected chi connectivity index (χ0v) is 19.3. The Labute approximate surface area is 204 Å². The van der Waals surface area contributed by atoms with Crippen LogP contribution in [-0.2, 0) is 14.4 Å². The van der Waals surface area contributed by atoms with Crippen molar-refractivity contribution in [2.75, 3.05) is 5.32 Å². The number of phenolic OH excluding ortho intramolecular Hbond substituents is 2. The Kier molecular flexibility index (Phi) is 8.73. The van der Waals surface area contributed by atoms with Crippen molar-refractivity contribution in [3.8, 4) is 11.5 Å². The molecule has 178 valence electrons.